The van der Waals surface area contributed by atoms with Crippen molar-refractivity contribution in [2.45, 2.75) is 32.7 Å². The minimum Gasteiger partial charge on any atom is -0.493 e. The molecular weight excluding hydrogens is 336 g/mol. The van der Waals surface area contributed by atoms with Gasteiger partial charge in [-0.3, -0.25) is 0 Å². The quantitative estimate of drug-likeness (QED) is 0.602. The molecule has 5 heteroatoms. The number of fused-ring (bicyclic) bond motifs is 1. The zero-order valence-electron chi connectivity index (χ0n) is 15.0. The summed E-state index contributed by atoms with van der Waals surface area (Å²) in [7, 11) is 3.29. The van der Waals surface area contributed by atoms with Crippen molar-refractivity contribution in [3.05, 3.63) is 52.8 Å². The van der Waals surface area contributed by atoms with E-state index in [1.54, 1.807) is 14.2 Å². The Morgan fingerprint density at radius 3 is 2.52 bits per heavy atom. The van der Waals surface area contributed by atoms with Crippen LogP contribution in [0.1, 0.15) is 37.7 Å². The third-order valence-electron chi connectivity index (χ3n) is 4.57. The van der Waals surface area contributed by atoms with E-state index in [1.165, 1.54) is 0 Å². The molecule has 25 heavy (non-hydrogen) atoms. The molecule has 0 aliphatic carbocycles. The average Bonchev–Trinajstić information content (AvgIpc) is 2.97. The second-order valence-corrected chi connectivity index (χ2v) is 6.59. The number of methoxy groups -OCH3 is 2. The molecule has 0 amide bonds. The predicted molar refractivity (Wildman–Crippen MR) is 102 cm³/mol. The minimum atomic E-state index is 0.346. The summed E-state index contributed by atoms with van der Waals surface area (Å²) in [6.07, 6.45) is 1.74. The monoisotopic (exact) mass is 358 g/mol. The SMILES string of the molecule is CCC(C)n1c(Cc2ccc(OC)c(OC)c2)nc2ccc(Cl)cc21. The molecule has 0 aliphatic heterocycles. The lowest BCUT2D eigenvalue weighted by Crippen LogP contribution is -2.09. The largest absolute Gasteiger partial charge is 0.493 e. The smallest absolute Gasteiger partial charge is 0.161 e. The Morgan fingerprint density at radius 1 is 1.08 bits per heavy atom. The highest BCUT2D eigenvalue weighted by atomic mass is 35.5. The number of halogens is 1. The van der Waals surface area contributed by atoms with Gasteiger partial charge in [0, 0.05) is 17.5 Å². The first-order chi connectivity index (χ1) is 12.1. The summed E-state index contributed by atoms with van der Waals surface area (Å²) in [5, 5.41) is 0.731. The fraction of sp³-hybridized carbons (Fsp3) is 0.350. The summed E-state index contributed by atoms with van der Waals surface area (Å²) in [5.74, 6) is 2.49. The maximum atomic E-state index is 6.21. The van der Waals surface area contributed by atoms with Gasteiger partial charge in [0.1, 0.15) is 5.82 Å². The zero-order valence-corrected chi connectivity index (χ0v) is 15.8. The van der Waals surface area contributed by atoms with E-state index in [0.717, 1.165) is 51.8 Å². The van der Waals surface area contributed by atoms with Gasteiger partial charge in [-0.15, -0.1) is 0 Å². The Bertz CT molecular complexity index is 889. The van der Waals surface area contributed by atoms with E-state index in [9.17, 15) is 0 Å². The van der Waals surface area contributed by atoms with Crippen LogP contribution in [0.15, 0.2) is 36.4 Å². The van der Waals surface area contributed by atoms with Crippen molar-refractivity contribution < 1.29 is 9.47 Å². The Morgan fingerprint density at radius 2 is 1.84 bits per heavy atom. The van der Waals surface area contributed by atoms with Gasteiger partial charge in [0.15, 0.2) is 11.5 Å². The van der Waals surface area contributed by atoms with Gasteiger partial charge in [-0.25, -0.2) is 4.98 Å². The molecular formula is C20H23ClN2O2. The first-order valence-electron chi connectivity index (χ1n) is 8.44. The van der Waals surface area contributed by atoms with E-state index in [4.69, 9.17) is 26.1 Å². The Kier molecular flexibility index (Phi) is 5.19. The lowest BCUT2D eigenvalue weighted by molar-refractivity contribution is 0.354. The maximum absolute atomic E-state index is 6.21. The van der Waals surface area contributed by atoms with Gasteiger partial charge in [-0.05, 0) is 49.2 Å². The van der Waals surface area contributed by atoms with E-state index in [0.29, 0.717) is 6.04 Å². The zero-order chi connectivity index (χ0) is 18.0. The topological polar surface area (TPSA) is 36.3 Å². The number of rotatable bonds is 6. The Labute approximate surface area is 153 Å². The molecule has 2 aromatic carbocycles. The Hall–Kier alpha value is -2.20. The average molecular weight is 359 g/mol. The van der Waals surface area contributed by atoms with Crippen LogP contribution in [0, 0.1) is 0 Å². The second-order valence-electron chi connectivity index (χ2n) is 6.15. The molecule has 0 bridgehead atoms. The first-order valence-corrected chi connectivity index (χ1v) is 8.82. The highest BCUT2D eigenvalue weighted by Crippen LogP contribution is 2.30. The van der Waals surface area contributed by atoms with Crippen LogP contribution in [0.4, 0.5) is 0 Å². The summed E-state index contributed by atoms with van der Waals surface area (Å²) < 4.78 is 13.0. The van der Waals surface area contributed by atoms with Crippen LogP contribution in [-0.4, -0.2) is 23.8 Å². The van der Waals surface area contributed by atoms with Gasteiger partial charge in [0.05, 0.1) is 25.3 Å². The fourth-order valence-corrected chi connectivity index (χ4v) is 3.25. The molecule has 0 saturated carbocycles. The van der Waals surface area contributed by atoms with Crippen molar-refractivity contribution in [2.24, 2.45) is 0 Å². The number of hydrogen-bond donors (Lipinski definition) is 0. The van der Waals surface area contributed by atoms with Crippen LogP contribution in [0.5, 0.6) is 11.5 Å². The predicted octanol–water partition coefficient (Wildman–Crippen LogP) is 5.27. The molecule has 0 aliphatic rings. The third-order valence-corrected chi connectivity index (χ3v) is 4.80. The van der Waals surface area contributed by atoms with Crippen LogP contribution in [0.2, 0.25) is 5.02 Å². The van der Waals surface area contributed by atoms with Crippen molar-refractivity contribution in [3.8, 4) is 11.5 Å². The number of imidazole rings is 1. The third kappa shape index (κ3) is 3.45. The molecule has 0 saturated heterocycles. The second kappa shape index (κ2) is 7.36. The number of aromatic nitrogens is 2. The lowest BCUT2D eigenvalue weighted by atomic mass is 10.1. The number of nitrogens with zero attached hydrogens (tertiary/aromatic N) is 2. The fourth-order valence-electron chi connectivity index (χ4n) is 3.09. The van der Waals surface area contributed by atoms with Gasteiger partial charge in [-0.2, -0.15) is 0 Å². The number of benzene rings is 2. The van der Waals surface area contributed by atoms with Crippen molar-refractivity contribution >= 4 is 22.6 Å². The van der Waals surface area contributed by atoms with Crippen LogP contribution in [0.25, 0.3) is 11.0 Å². The molecule has 0 fully saturated rings. The maximum Gasteiger partial charge on any atom is 0.161 e. The standard InChI is InChI=1S/C20H23ClN2O2/c1-5-13(2)23-17-12-15(21)7-8-16(17)22-20(23)11-14-6-9-18(24-3)19(10-14)25-4/h6-10,12-13H,5,11H2,1-4H3. The van der Waals surface area contributed by atoms with E-state index >= 15 is 0 Å². The molecule has 0 radical (unpaired) electrons. The normalized spacial score (nSPS) is 12.4. The van der Waals surface area contributed by atoms with Gasteiger partial charge in [-0.1, -0.05) is 24.6 Å². The Balaban J connectivity index is 2.06. The van der Waals surface area contributed by atoms with Crippen molar-refractivity contribution in [1.82, 2.24) is 9.55 Å². The summed E-state index contributed by atoms with van der Waals surface area (Å²) in [4.78, 5) is 4.85. The summed E-state index contributed by atoms with van der Waals surface area (Å²) in [6.45, 7) is 4.39. The highest BCUT2D eigenvalue weighted by molar-refractivity contribution is 6.31. The van der Waals surface area contributed by atoms with E-state index in [2.05, 4.69) is 24.5 Å². The lowest BCUT2D eigenvalue weighted by Gasteiger charge is -2.16. The van der Waals surface area contributed by atoms with E-state index in [-0.39, 0.29) is 0 Å². The molecule has 1 aromatic heterocycles. The molecule has 0 N–H and O–H groups in total. The van der Waals surface area contributed by atoms with Crippen molar-refractivity contribution in [3.63, 3.8) is 0 Å². The number of ether oxygens (including phenoxy) is 2. The molecule has 132 valence electrons. The van der Waals surface area contributed by atoms with Gasteiger partial charge in [0.2, 0.25) is 0 Å². The molecule has 1 heterocycles. The summed E-state index contributed by atoms with van der Waals surface area (Å²) in [5.41, 5.74) is 3.18. The molecule has 3 rings (SSSR count). The molecule has 0 spiro atoms. The molecule has 4 nitrogen and oxygen atoms in total. The van der Waals surface area contributed by atoms with Crippen LogP contribution in [0.3, 0.4) is 0 Å². The number of hydrogen-bond acceptors (Lipinski definition) is 3. The molecule has 1 unspecified atom stereocenters. The highest BCUT2D eigenvalue weighted by Gasteiger charge is 2.16. The van der Waals surface area contributed by atoms with Crippen molar-refractivity contribution in [2.75, 3.05) is 14.2 Å². The molecule has 1 atom stereocenters. The van der Waals surface area contributed by atoms with E-state index < -0.39 is 0 Å². The minimum absolute atomic E-state index is 0.346. The first kappa shape index (κ1) is 17.6. The van der Waals surface area contributed by atoms with Gasteiger partial charge in [0.25, 0.3) is 0 Å². The molecule has 3 aromatic rings. The van der Waals surface area contributed by atoms with E-state index in [1.807, 2.05) is 30.3 Å². The van der Waals surface area contributed by atoms with Crippen LogP contribution < -0.4 is 9.47 Å². The summed E-state index contributed by atoms with van der Waals surface area (Å²) >= 11 is 6.21. The van der Waals surface area contributed by atoms with Crippen LogP contribution >= 0.6 is 11.6 Å². The van der Waals surface area contributed by atoms with Gasteiger partial charge >= 0.3 is 0 Å². The summed E-state index contributed by atoms with van der Waals surface area (Å²) in [6, 6.07) is 12.2. The van der Waals surface area contributed by atoms with Gasteiger partial charge < -0.3 is 14.0 Å². The van der Waals surface area contributed by atoms with Crippen LogP contribution in [-0.2, 0) is 6.42 Å². The van der Waals surface area contributed by atoms with Crippen molar-refractivity contribution in [1.29, 1.82) is 0 Å².